The third kappa shape index (κ3) is 6.52. The zero-order valence-corrected chi connectivity index (χ0v) is 21.5. The fraction of sp³-hybridized carbons (Fsp3) is 0.636. The van der Waals surface area contributed by atoms with Crippen molar-refractivity contribution in [1.82, 2.24) is 19.9 Å². The van der Waals surface area contributed by atoms with Gasteiger partial charge in [0.2, 0.25) is 0 Å². The first-order chi connectivity index (χ1) is 14.0. The molecule has 0 aliphatic carbocycles. The first-order valence-corrected chi connectivity index (χ1v) is 14.6. The van der Waals surface area contributed by atoms with Crippen molar-refractivity contribution in [3.63, 3.8) is 0 Å². The SMILES string of the molecule is C[Si](C)(C)CCOCn1cc(C2CCOCC2)c2c(C3=CCNCC3)ncnc21.Cl.Cl. The van der Waals surface area contributed by atoms with Crippen molar-refractivity contribution >= 4 is 49.5 Å². The van der Waals surface area contributed by atoms with Crippen LogP contribution in [-0.2, 0) is 16.2 Å². The largest absolute Gasteiger partial charge is 0.381 e. The van der Waals surface area contributed by atoms with Crippen LogP contribution in [0.5, 0.6) is 0 Å². The summed E-state index contributed by atoms with van der Waals surface area (Å²) in [7, 11) is -1.09. The number of fused-ring (bicyclic) bond motifs is 1. The molecule has 4 rings (SSSR count). The molecule has 1 fully saturated rings. The van der Waals surface area contributed by atoms with Crippen LogP contribution < -0.4 is 5.32 Å². The molecular formula is C22H36Cl2N4O2Si. The van der Waals surface area contributed by atoms with E-state index in [4.69, 9.17) is 14.5 Å². The van der Waals surface area contributed by atoms with Gasteiger partial charge in [-0.2, -0.15) is 0 Å². The van der Waals surface area contributed by atoms with Gasteiger partial charge in [0.15, 0.2) is 0 Å². The predicted molar refractivity (Wildman–Crippen MR) is 134 cm³/mol. The quantitative estimate of drug-likeness (QED) is 0.447. The highest BCUT2D eigenvalue weighted by atomic mass is 35.5. The van der Waals surface area contributed by atoms with E-state index in [2.05, 4.69) is 46.8 Å². The van der Waals surface area contributed by atoms with E-state index in [1.807, 2.05) is 0 Å². The Balaban J connectivity index is 0.00000171. The predicted octanol–water partition coefficient (Wildman–Crippen LogP) is 4.86. The van der Waals surface area contributed by atoms with E-state index < -0.39 is 8.07 Å². The molecule has 4 heterocycles. The summed E-state index contributed by atoms with van der Waals surface area (Å²) in [6.45, 7) is 12.1. The van der Waals surface area contributed by atoms with Gasteiger partial charge in [-0.3, -0.25) is 0 Å². The molecule has 174 valence electrons. The maximum atomic E-state index is 6.08. The number of nitrogens with zero attached hydrogens (tertiary/aromatic N) is 3. The molecule has 1 saturated heterocycles. The Morgan fingerprint density at radius 3 is 2.65 bits per heavy atom. The van der Waals surface area contributed by atoms with E-state index in [0.717, 1.165) is 63.5 Å². The topological polar surface area (TPSA) is 61.2 Å². The van der Waals surface area contributed by atoms with Gasteiger partial charge in [0.25, 0.3) is 0 Å². The van der Waals surface area contributed by atoms with Gasteiger partial charge >= 0.3 is 0 Å². The molecule has 0 saturated carbocycles. The van der Waals surface area contributed by atoms with Gasteiger partial charge in [0, 0.05) is 46.0 Å². The van der Waals surface area contributed by atoms with Crippen LogP contribution in [0.2, 0.25) is 25.7 Å². The first kappa shape index (κ1) is 26.3. The molecule has 0 spiro atoms. The van der Waals surface area contributed by atoms with Crippen molar-refractivity contribution in [1.29, 1.82) is 0 Å². The highest BCUT2D eigenvalue weighted by Crippen LogP contribution is 2.37. The van der Waals surface area contributed by atoms with Crippen LogP contribution >= 0.6 is 24.8 Å². The van der Waals surface area contributed by atoms with Crippen molar-refractivity contribution in [3.8, 4) is 0 Å². The van der Waals surface area contributed by atoms with Gasteiger partial charge in [0.1, 0.15) is 18.7 Å². The van der Waals surface area contributed by atoms with Crippen LogP contribution in [0.3, 0.4) is 0 Å². The number of nitrogens with one attached hydrogen (secondary N) is 1. The lowest BCUT2D eigenvalue weighted by Crippen LogP contribution is -2.22. The van der Waals surface area contributed by atoms with Crippen molar-refractivity contribution in [2.45, 2.75) is 57.6 Å². The molecule has 0 amide bonds. The Kier molecular flexibility index (Phi) is 9.98. The third-order valence-electron chi connectivity index (χ3n) is 5.94. The van der Waals surface area contributed by atoms with Gasteiger partial charge in [-0.05, 0) is 48.9 Å². The second-order valence-corrected chi connectivity index (χ2v) is 15.0. The summed E-state index contributed by atoms with van der Waals surface area (Å²) in [5.74, 6) is 0.501. The fourth-order valence-corrected chi connectivity index (χ4v) is 4.95. The van der Waals surface area contributed by atoms with E-state index in [0.29, 0.717) is 12.6 Å². The molecule has 31 heavy (non-hydrogen) atoms. The van der Waals surface area contributed by atoms with E-state index >= 15 is 0 Å². The molecule has 0 bridgehead atoms. The molecule has 0 radical (unpaired) electrons. The van der Waals surface area contributed by atoms with Gasteiger partial charge in [-0.1, -0.05) is 25.7 Å². The second-order valence-electron chi connectivity index (χ2n) is 9.39. The lowest BCUT2D eigenvalue weighted by molar-refractivity contribution is 0.0840. The minimum atomic E-state index is -1.09. The summed E-state index contributed by atoms with van der Waals surface area (Å²) >= 11 is 0. The van der Waals surface area contributed by atoms with E-state index in [9.17, 15) is 0 Å². The second kappa shape index (κ2) is 11.8. The summed E-state index contributed by atoms with van der Waals surface area (Å²) in [4.78, 5) is 9.43. The Morgan fingerprint density at radius 1 is 1.19 bits per heavy atom. The van der Waals surface area contributed by atoms with Crippen LogP contribution in [0.25, 0.3) is 16.6 Å². The van der Waals surface area contributed by atoms with Crippen LogP contribution in [-0.4, -0.2) is 55.5 Å². The van der Waals surface area contributed by atoms with Crippen LogP contribution in [0, 0.1) is 0 Å². The van der Waals surface area contributed by atoms with Crippen molar-refractivity contribution in [2.24, 2.45) is 0 Å². The zero-order valence-electron chi connectivity index (χ0n) is 18.9. The molecule has 2 aliphatic rings. The maximum Gasteiger partial charge on any atom is 0.146 e. The molecular weight excluding hydrogens is 451 g/mol. The molecule has 0 unspecified atom stereocenters. The Labute approximate surface area is 199 Å². The zero-order chi connectivity index (χ0) is 20.3. The molecule has 2 aliphatic heterocycles. The van der Waals surface area contributed by atoms with Crippen molar-refractivity contribution in [3.05, 3.63) is 29.9 Å². The first-order valence-electron chi connectivity index (χ1n) is 10.9. The molecule has 0 atom stereocenters. The lowest BCUT2D eigenvalue weighted by Gasteiger charge is -2.22. The van der Waals surface area contributed by atoms with Gasteiger partial charge in [-0.15, -0.1) is 24.8 Å². The summed E-state index contributed by atoms with van der Waals surface area (Å²) in [5.41, 5.74) is 4.82. The average molecular weight is 488 g/mol. The van der Waals surface area contributed by atoms with E-state index in [1.54, 1.807) is 6.33 Å². The Bertz CT molecular complexity index is 876. The number of aromatic nitrogens is 3. The summed E-state index contributed by atoms with van der Waals surface area (Å²) in [5, 5.41) is 4.63. The van der Waals surface area contributed by atoms with Crippen LogP contribution in [0.1, 0.15) is 36.4 Å². The standard InChI is InChI=1S/C22H34N4O2Si.2ClH/c1-29(2,3)13-12-28-16-26-14-19(17-6-10-27-11-7-17)20-21(24-15-25-22(20)26)18-4-8-23-9-5-18;;/h4,14-15,17,23H,5-13,16H2,1-3H3;2*1H. The summed E-state index contributed by atoms with van der Waals surface area (Å²) in [6, 6.07) is 1.18. The molecule has 6 nitrogen and oxygen atoms in total. The summed E-state index contributed by atoms with van der Waals surface area (Å²) < 4.78 is 13.9. The number of halogens is 2. The van der Waals surface area contributed by atoms with Crippen molar-refractivity contribution < 1.29 is 9.47 Å². The number of hydrogen-bond acceptors (Lipinski definition) is 5. The smallest absolute Gasteiger partial charge is 0.146 e. The van der Waals surface area contributed by atoms with Gasteiger partial charge in [-0.25, -0.2) is 9.97 Å². The van der Waals surface area contributed by atoms with Crippen LogP contribution in [0.4, 0.5) is 0 Å². The monoisotopic (exact) mass is 486 g/mol. The Morgan fingerprint density at radius 2 is 1.97 bits per heavy atom. The molecule has 0 aromatic carbocycles. The van der Waals surface area contributed by atoms with E-state index in [1.165, 1.54) is 22.6 Å². The normalized spacial score (nSPS) is 17.7. The molecule has 9 heteroatoms. The minimum Gasteiger partial charge on any atom is -0.381 e. The van der Waals surface area contributed by atoms with Crippen molar-refractivity contribution in [2.75, 3.05) is 32.9 Å². The average Bonchev–Trinajstić information content (AvgIpc) is 3.11. The number of hydrogen-bond donors (Lipinski definition) is 1. The molecule has 1 N–H and O–H groups in total. The number of rotatable bonds is 7. The number of ether oxygens (including phenoxy) is 2. The maximum absolute atomic E-state index is 6.08. The van der Waals surface area contributed by atoms with Crippen LogP contribution in [0.15, 0.2) is 18.6 Å². The third-order valence-corrected chi connectivity index (χ3v) is 7.64. The van der Waals surface area contributed by atoms with Gasteiger partial charge < -0.3 is 19.4 Å². The van der Waals surface area contributed by atoms with E-state index in [-0.39, 0.29) is 24.8 Å². The summed E-state index contributed by atoms with van der Waals surface area (Å²) in [6.07, 6.45) is 9.40. The highest BCUT2D eigenvalue weighted by molar-refractivity contribution is 6.76. The lowest BCUT2D eigenvalue weighted by atomic mass is 9.90. The minimum absolute atomic E-state index is 0. The molecule has 2 aromatic heterocycles. The molecule has 2 aromatic rings. The Hall–Kier alpha value is -0.963. The highest BCUT2D eigenvalue weighted by Gasteiger charge is 2.25. The fourth-order valence-electron chi connectivity index (χ4n) is 4.19. The van der Waals surface area contributed by atoms with Gasteiger partial charge in [0.05, 0.1) is 5.69 Å².